The Morgan fingerprint density at radius 2 is 1.22 bits per heavy atom. The number of carbonyl (C=O) groups excluding carboxylic acids is 1. The summed E-state index contributed by atoms with van der Waals surface area (Å²) in [6.45, 7) is 13.0. The number of amides is 1. The predicted molar refractivity (Wildman–Crippen MR) is 155 cm³/mol. The number of halogens is 5. The van der Waals surface area contributed by atoms with Crippen LogP contribution in [-0.2, 0) is 9.47 Å². The van der Waals surface area contributed by atoms with Crippen LogP contribution in [0.15, 0.2) is 36.4 Å². The Morgan fingerprint density at radius 1 is 0.756 bits per heavy atom. The van der Waals surface area contributed by atoms with E-state index in [0.29, 0.717) is 31.9 Å². The molecule has 1 amide bonds. The van der Waals surface area contributed by atoms with Crippen molar-refractivity contribution in [2.24, 2.45) is 0 Å². The van der Waals surface area contributed by atoms with Crippen molar-refractivity contribution in [3.05, 3.63) is 59.7 Å². The van der Waals surface area contributed by atoms with Crippen LogP contribution in [-0.4, -0.2) is 82.2 Å². The van der Waals surface area contributed by atoms with Crippen molar-refractivity contribution in [3.63, 3.8) is 0 Å². The number of piperazine rings is 2. The SMILES string of the molecule is C1CCOC1.CC(C)(C)OC(=O)N1CCN(c2ccc(F)c(F)c2)CC1.Cl.Fc1ccc(N2CCNCC2)cc1F. The van der Waals surface area contributed by atoms with E-state index in [0.717, 1.165) is 51.1 Å². The van der Waals surface area contributed by atoms with Crippen LogP contribution >= 0.6 is 12.4 Å². The third-order valence-electron chi connectivity index (χ3n) is 6.41. The molecule has 3 aliphatic heterocycles. The Balaban J connectivity index is 0.000000251. The van der Waals surface area contributed by atoms with Gasteiger partial charge in [0.15, 0.2) is 23.3 Å². The van der Waals surface area contributed by atoms with Crippen molar-refractivity contribution >= 4 is 29.9 Å². The highest BCUT2D eigenvalue weighted by atomic mass is 35.5. The first kappa shape index (κ1) is 34.4. The van der Waals surface area contributed by atoms with Gasteiger partial charge in [-0.25, -0.2) is 22.4 Å². The molecule has 0 saturated carbocycles. The zero-order valence-corrected chi connectivity index (χ0v) is 24.8. The third-order valence-corrected chi connectivity index (χ3v) is 6.41. The zero-order valence-electron chi connectivity index (χ0n) is 23.9. The molecular weight excluding hydrogens is 564 g/mol. The maximum Gasteiger partial charge on any atom is 0.410 e. The van der Waals surface area contributed by atoms with E-state index in [-0.39, 0.29) is 18.5 Å². The fourth-order valence-corrected chi connectivity index (χ4v) is 4.27. The molecule has 0 unspecified atom stereocenters. The largest absolute Gasteiger partial charge is 0.444 e. The average molecular weight is 605 g/mol. The topological polar surface area (TPSA) is 57.3 Å². The molecule has 0 atom stereocenters. The maximum absolute atomic E-state index is 13.2. The molecule has 0 radical (unpaired) electrons. The standard InChI is InChI=1S/C15H20F2N2O2.C10H12F2N2.C4H8O.ClH/c1-15(2,3)21-14(20)19-8-6-18(7-9-19)11-4-5-12(16)13(17)10-11;11-9-2-1-8(7-10(9)12)14-5-3-13-4-6-14;1-2-4-5-3-1;/h4-5,10H,6-9H2,1-3H3;1-2,7,13H,3-6H2;1-4H2;1H. The molecule has 3 heterocycles. The number of nitrogens with zero attached hydrogens (tertiary/aromatic N) is 3. The number of anilines is 2. The second-order valence-electron chi connectivity index (χ2n) is 10.7. The Bertz CT molecular complexity index is 1080. The van der Waals surface area contributed by atoms with Crippen molar-refractivity contribution < 1.29 is 31.8 Å². The molecule has 5 rings (SSSR count). The number of hydrogen-bond donors (Lipinski definition) is 1. The molecule has 0 aliphatic carbocycles. The first-order valence-corrected chi connectivity index (χ1v) is 13.7. The van der Waals surface area contributed by atoms with Gasteiger partial charge in [0.25, 0.3) is 0 Å². The summed E-state index contributed by atoms with van der Waals surface area (Å²) in [5.41, 5.74) is 0.858. The summed E-state index contributed by atoms with van der Waals surface area (Å²) in [4.78, 5) is 17.5. The minimum Gasteiger partial charge on any atom is -0.444 e. The van der Waals surface area contributed by atoms with E-state index in [1.807, 2.05) is 30.6 Å². The quantitative estimate of drug-likeness (QED) is 0.450. The van der Waals surface area contributed by atoms with Gasteiger partial charge in [0, 0.05) is 89.1 Å². The van der Waals surface area contributed by atoms with Gasteiger partial charge in [-0.15, -0.1) is 12.4 Å². The molecule has 0 aromatic heterocycles. The second-order valence-corrected chi connectivity index (χ2v) is 10.7. The molecule has 3 aliphatic rings. The molecule has 12 heteroatoms. The van der Waals surface area contributed by atoms with E-state index in [2.05, 4.69) is 5.32 Å². The highest BCUT2D eigenvalue weighted by Gasteiger charge is 2.26. The third kappa shape index (κ3) is 11.6. The Labute approximate surface area is 246 Å². The van der Waals surface area contributed by atoms with Crippen molar-refractivity contribution in [3.8, 4) is 0 Å². The number of rotatable bonds is 2. The number of carbonyl (C=O) groups is 1. The highest BCUT2D eigenvalue weighted by molar-refractivity contribution is 5.85. The molecule has 0 spiro atoms. The van der Waals surface area contributed by atoms with E-state index in [9.17, 15) is 22.4 Å². The van der Waals surface area contributed by atoms with E-state index < -0.39 is 28.9 Å². The van der Waals surface area contributed by atoms with Crippen LogP contribution in [0.25, 0.3) is 0 Å². The molecule has 7 nitrogen and oxygen atoms in total. The lowest BCUT2D eigenvalue weighted by Gasteiger charge is -2.36. The van der Waals surface area contributed by atoms with Gasteiger partial charge < -0.3 is 29.5 Å². The molecule has 3 fully saturated rings. The number of ether oxygens (including phenoxy) is 2. The van der Waals surface area contributed by atoms with Gasteiger partial charge >= 0.3 is 6.09 Å². The fraction of sp³-hybridized carbons (Fsp3) is 0.552. The van der Waals surface area contributed by atoms with Crippen LogP contribution in [0.1, 0.15) is 33.6 Å². The highest BCUT2D eigenvalue weighted by Crippen LogP contribution is 2.21. The Hall–Kier alpha value is -2.76. The molecular formula is C29H41ClF4N4O3. The van der Waals surface area contributed by atoms with Crippen molar-refractivity contribution in [1.82, 2.24) is 10.2 Å². The minimum absolute atomic E-state index is 0. The van der Waals surface area contributed by atoms with Crippen molar-refractivity contribution in [2.75, 3.05) is 75.4 Å². The van der Waals surface area contributed by atoms with Crippen molar-refractivity contribution in [1.29, 1.82) is 0 Å². The summed E-state index contributed by atoms with van der Waals surface area (Å²) in [5.74, 6) is -3.28. The summed E-state index contributed by atoms with van der Waals surface area (Å²) < 4.78 is 62.0. The van der Waals surface area contributed by atoms with E-state index in [1.54, 1.807) is 17.0 Å². The first-order valence-electron chi connectivity index (χ1n) is 13.7. The van der Waals surface area contributed by atoms with Crippen LogP contribution in [0.3, 0.4) is 0 Å². The smallest absolute Gasteiger partial charge is 0.410 e. The van der Waals surface area contributed by atoms with Crippen LogP contribution in [0.2, 0.25) is 0 Å². The molecule has 2 aromatic rings. The van der Waals surface area contributed by atoms with Gasteiger partial charge in [-0.3, -0.25) is 0 Å². The summed E-state index contributed by atoms with van der Waals surface area (Å²) in [5, 5.41) is 3.20. The first-order chi connectivity index (χ1) is 19.0. The van der Waals surface area contributed by atoms with E-state index >= 15 is 0 Å². The van der Waals surface area contributed by atoms with Gasteiger partial charge in [0.05, 0.1) is 0 Å². The van der Waals surface area contributed by atoms with Crippen molar-refractivity contribution in [2.45, 2.75) is 39.2 Å². The summed E-state index contributed by atoms with van der Waals surface area (Å²) >= 11 is 0. The van der Waals surface area contributed by atoms with Crippen LogP contribution in [0.4, 0.5) is 33.7 Å². The lowest BCUT2D eigenvalue weighted by Crippen LogP contribution is -2.50. The zero-order chi connectivity index (χ0) is 29.1. The lowest BCUT2D eigenvalue weighted by atomic mass is 10.2. The monoisotopic (exact) mass is 604 g/mol. The maximum atomic E-state index is 13.2. The van der Waals surface area contributed by atoms with Gasteiger partial charge in [-0.2, -0.15) is 0 Å². The number of benzene rings is 2. The summed E-state index contributed by atoms with van der Waals surface area (Å²) in [6.07, 6.45) is 2.22. The molecule has 3 saturated heterocycles. The van der Waals surface area contributed by atoms with Crippen LogP contribution in [0, 0.1) is 23.3 Å². The summed E-state index contributed by atoms with van der Waals surface area (Å²) in [6, 6.07) is 7.88. The van der Waals surface area contributed by atoms with Crippen LogP contribution in [0.5, 0.6) is 0 Å². The van der Waals surface area contributed by atoms with Gasteiger partial charge in [0.1, 0.15) is 5.60 Å². The summed E-state index contributed by atoms with van der Waals surface area (Å²) in [7, 11) is 0. The molecule has 41 heavy (non-hydrogen) atoms. The lowest BCUT2D eigenvalue weighted by molar-refractivity contribution is 0.0240. The Kier molecular flexibility index (Phi) is 14.0. The average Bonchev–Trinajstić information content (AvgIpc) is 3.52. The molecule has 1 N–H and O–H groups in total. The second kappa shape index (κ2) is 16.6. The number of hydrogen-bond acceptors (Lipinski definition) is 6. The van der Waals surface area contributed by atoms with Gasteiger partial charge in [-0.1, -0.05) is 0 Å². The number of nitrogens with one attached hydrogen (secondary N) is 1. The minimum atomic E-state index is -0.859. The normalized spacial score (nSPS) is 17.0. The van der Waals surface area contributed by atoms with Gasteiger partial charge in [-0.05, 0) is 57.9 Å². The molecule has 0 bridgehead atoms. The predicted octanol–water partition coefficient (Wildman–Crippen LogP) is 5.61. The van der Waals surface area contributed by atoms with E-state index in [1.165, 1.54) is 31.0 Å². The van der Waals surface area contributed by atoms with Crippen LogP contribution < -0.4 is 15.1 Å². The van der Waals surface area contributed by atoms with Gasteiger partial charge in [0.2, 0.25) is 0 Å². The fourth-order valence-electron chi connectivity index (χ4n) is 4.27. The van der Waals surface area contributed by atoms with E-state index in [4.69, 9.17) is 9.47 Å². The Morgan fingerprint density at radius 3 is 1.61 bits per heavy atom. The molecule has 2 aromatic carbocycles. The molecule has 230 valence electrons.